The minimum absolute atomic E-state index is 0.0199. The van der Waals surface area contributed by atoms with Crippen LogP contribution in [0.25, 0.3) is 0 Å². The Hall–Kier alpha value is -0.940. The summed E-state index contributed by atoms with van der Waals surface area (Å²) in [5.74, 6) is 0.0843. The van der Waals surface area contributed by atoms with Crippen LogP contribution >= 0.6 is 11.3 Å². The predicted molar refractivity (Wildman–Crippen MR) is 76.0 cm³/mol. The van der Waals surface area contributed by atoms with Gasteiger partial charge < -0.3 is 10.1 Å². The Morgan fingerprint density at radius 3 is 2.84 bits per heavy atom. The fraction of sp³-hybridized carbons (Fsp3) is 0.714. The van der Waals surface area contributed by atoms with Crippen LogP contribution in [-0.4, -0.2) is 23.6 Å². The van der Waals surface area contributed by atoms with Crippen molar-refractivity contribution < 1.29 is 9.53 Å². The third kappa shape index (κ3) is 4.01. The highest BCUT2D eigenvalue weighted by Crippen LogP contribution is 2.27. The fourth-order valence-electron chi connectivity index (χ4n) is 2.63. The maximum atomic E-state index is 11.7. The van der Waals surface area contributed by atoms with Gasteiger partial charge in [-0.15, -0.1) is 11.3 Å². The highest BCUT2D eigenvalue weighted by atomic mass is 32.1. The van der Waals surface area contributed by atoms with Crippen LogP contribution in [0.2, 0.25) is 0 Å². The van der Waals surface area contributed by atoms with Crippen molar-refractivity contribution in [1.29, 1.82) is 0 Å². The molecule has 1 atom stereocenters. The minimum Gasteiger partial charge on any atom is -0.466 e. The molecule has 106 valence electrons. The molecular formula is C14H22N2O2S. The summed E-state index contributed by atoms with van der Waals surface area (Å²) >= 11 is 1.63. The summed E-state index contributed by atoms with van der Waals surface area (Å²) in [7, 11) is 0. The molecule has 1 heterocycles. The van der Waals surface area contributed by atoms with Crippen LogP contribution in [0, 0.1) is 5.92 Å². The summed E-state index contributed by atoms with van der Waals surface area (Å²) < 4.78 is 5.09. The molecule has 4 nitrogen and oxygen atoms in total. The van der Waals surface area contributed by atoms with Crippen LogP contribution in [0.15, 0.2) is 10.9 Å². The van der Waals surface area contributed by atoms with Crippen LogP contribution in [0.3, 0.4) is 0 Å². The molecule has 1 unspecified atom stereocenters. The van der Waals surface area contributed by atoms with Crippen molar-refractivity contribution in [3.63, 3.8) is 0 Å². The molecule has 1 aliphatic rings. The number of carbonyl (C=O) groups is 1. The number of esters is 1. The molecule has 1 fully saturated rings. The lowest BCUT2D eigenvalue weighted by atomic mass is 9.86. The fourth-order valence-corrected chi connectivity index (χ4v) is 3.28. The highest BCUT2D eigenvalue weighted by molar-refractivity contribution is 7.07. The Morgan fingerprint density at radius 2 is 2.26 bits per heavy atom. The number of rotatable bonds is 5. The van der Waals surface area contributed by atoms with Crippen molar-refractivity contribution in [3.8, 4) is 0 Å². The molecule has 5 heteroatoms. The molecule has 0 aliphatic heterocycles. The largest absolute Gasteiger partial charge is 0.466 e. The first kappa shape index (κ1) is 14.5. The van der Waals surface area contributed by atoms with E-state index in [0.717, 1.165) is 31.4 Å². The standard InChI is InChI=1S/C14H22N2O2S/c1-3-18-14(17)11-4-6-12(7-5-11)16-10(2)13-8-19-9-15-13/h8-12,16H,3-7H2,1-2H3. The smallest absolute Gasteiger partial charge is 0.308 e. The molecule has 0 bridgehead atoms. The average Bonchev–Trinajstić information content (AvgIpc) is 2.94. The molecule has 1 aromatic rings. The lowest BCUT2D eigenvalue weighted by Crippen LogP contribution is -2.36. The maximum Gasteiger partial charge on any atom is 0.308 e. The second-order valence-electron chi connectivity index (χ2n) is 5.10. The predicted octanol–water partition coefficient (Wildman–Crippen LogP) is 2.92. The third-order valence-electron chi connectivity index (χ3n) is 3.73. The van der Waals surface area contributed by atoms with Crippen LogP contribution in [0.4, 0.5) is 0 Å². The van der Waals surface area contributed by atoms with E-state index in [1.165, 1.54) is 0 Å². The molecule has 2 rings (SSSR count). The third-order valence-corrected chi connectivity index (χ3v) is 4.33. The van der Waals surface area contributed by atoms with Gasteiger partial charge in [0.05, 0.1) is 23.7 Å². The van der Waals surface area contributed by atoms with Crippen molar-refractivity contribution in [2.45, 2.75) is 51.6 Å². The van der Waals surface area contributed by atoms with Gasteiger partial charge in [-0.25, -0.2) is 4.98 Å². The molecule has 1 aliphatic carbocycles. The highest BCUT2D eigenvalue weighted by Gasteiger charge is 2.27. The summed E-state index contributed by atoms with van der Waals surface area (Å²) in [6.45, 7) is 4.49. The van der Waals surface area contributed by atoms with Crippen LogP contribution in [-0.2, 0) is 9.53 Å². The van der Waals surface area contributed by atoms with Gasteiger partial charge in [0.1, 0.15) is 0 Å². The molecule has 1 N–H and O–H groups in total. The summed E-state index contributed by atoms with van der Waals surface area (Å²) in [6.07, 6.45) is 3.94. The van der Waals surface area contributed by atoms with Crippen molar-refractivity contribution in [3.05, 3.63) is 16.6 Å². The molecule has 1 aromatic heterocycles. The summed E-state index contributed by atoms with van der Waals surface area (Å²) in [5.41, 5.74) is 2.98. The van der Waals surface area contributed by atoms with E-state index in [2.05, 4.69) is 22.6 Å². The quantitative estimate of drug-likeness (QED) is 0.844. The second kappa shape index (κ2) is 7.01. The van der Waals surface area contributed by atoms with E-state index in [4.69, 9.17) is 4.74 Å². The van der Waals surface area contributed by atoms with E-state index in [-0.39, 0.29) is 17.9 Å². The topological polar surface area (TPSA) is 51.2 Å². The Bertz CT molecular complexity index is 386. The van der Waals surface area contributed by atoms with Gasteiger partial charge in [0.25, 0.3) is 0 Å². The van der Waals surface area contributed by atoms with Crippen LogP contribution < -0.4 is 5.32 Å². The van der Waals surface area contributed by atoms with Crippen molar-refractivity contribution >= 4 is 17.3 Å². The second-order valence-corrected chi connectivity index (χ2v) is 5.82. The normalized spacial score (nSPS) is 24.9. The van der Waals surface area contributed by atoms with Gasteiger partial charge in [-0.1, -0.05) is 0 Å². The number of hydrogen-bond acceptors (Lipinski definition) is 5. The van der Waals surface area contributed by atoms with Crippen molar-refractivity contribution in [2.24, 2.45) is 5.92 Å². The molecule has 0 saturated heterocycles. The number of carbonyl (C=O) groups excluding carboxylic acids is 1. The zero-order valence-corrected chi connectivity index (χ0v) is 12.4. The first-order valence-corrected chi connectivity index (χ1v) is 7.95. The van der Waals surface area contributed by atoms with Gasteiger partial charge >= 0.3 is 5.97 Å². The average molecular weight is 282 g/mol. The molecule has 1 saturated carbocycles. The lowest BCUT2D eigenvalue weighted by molar-refractivity contribution is -0.149. The summed E-state index contributed by atoms with van der Waals surface area (Å²) in [6, 6.07) is 0.776. The van der Waals surface area contributed by atoms with E-state index >= 15 is 0 Å². The van der Waals surface area contributed by atoms with E-state index in [1.807, 2.05) is 12.4 Å². The number of ether oxygens (including phenoxy) is 1. The molecule has 0 radical (unpaired) electrons. The van der Waals surface area contributed by atoms with Gasteiger partial charge in [-0.2, -0.15) is 0 Å². The molecule has 0 amide bonds. The number of aromatic nitrogens is 1. The zero-order chi connectivity index (χ0) is 13.7. The molecule has 19 heavy (non-hydrogen) atoms. The van der Waals surface area contributed by atoms with Gasteiger partial charge in [0, 0.05) is 17.5 Å². The Kier molecular flexibility index (Phi) is 5.34. The summed E-state index contributed by atoms with van der Waals surface area (Å²) in [5, 5.41) is 5.69. The van der Waals surface area contributed by atoms with Crippen LogP contribution in [0.5, 0.6) is 0 Å². The van der Waals surface area contributed by atoms with Gasteiger partial charge in [-0.3, -0.25) is 4.79 Å². The molecular weight excluding hydrogens is 260 g/mol. The van der Waals surface area contributed by atoms with Crippen molar-refractivity contribution in [1.82, 2.24) is 10.3 Å². The first-order chi connectivity index (χ1) is 9.20. The summed E-state index contributed by atoms with van der Waals surface area (Å²) in [4.78, 5) is 16.0. The van der Waals surface area contributed by atoms with E-state index in [0.29, 0.717) is 12.6 Å². The van der Waals surface area contributed by atoms with E-state index in [9.17, 15) is 4.79 Å². The minimum atomic E-state index is -0.0199. The Labute approximate surface area is 118 Å². The number of nitrogens with zero attached hydrogens (tertiary/aromatic N) is 1. The van der Waals surface area contributed by atoms with Crippen LogP contribution in [0.1, 0.15) is 51.3 Å². The first-order valence-electron chi connectivity index (χ1n) is 7.01. The Morgan fingerprint density at radius 1 is 1.53 bits per heavy atom. The number of hydrogen-bond donors (Lipinski definition) is 1. The van der Waals surface area contributed by atoms with Gasteiger partial charge in [0.15, 0.2) is 0 Å². The Balaban J connectivity index is 1.76. The van der Waals surface area contributed by atoms with Gasteiger partial charge in [-0.05, 0) is 39.5 Å². The van der Waals surface area contributed by atoms with Gasteiger partial charge in [0.2, 0.25) is 0 Å². The zero-order valence-electron chi connectivity index (χ0n) is 11.6. The van der Waals surface area contributed by atoms with E-state index in [1.54, 1.807) is 11.3 Å². The van der Waals surface area contributed by atoms with Crippen molar-refractivity contribution in [2.75, 3.05) is 6.61 Å². The monoisotopic (exact) mass is 282 g/mol. The molecule has 0 aromatic carbocycles. The maximum absolute atomic E-state index is 11.7. The van der Waals surface area contributed by atoms with E-state index < -0.39 is 0 Å². The number of nitrogens with one attached hydrogen (secondary N) is 1. The lowest BCUT2D eigenvalue weighted by Gasteiger charge is -2.29. The SMILES string of the molecule is CCOC(=O)C1CCC(NC(C)c2cscn2)CC1. The molecule has 0 spiro atoms. The number of thiazole rings is 1.